The fourth-order valence-corrected chi connectivity index (χ4v) is 2.73. The first-order chi connectivity index (χ1) is 9.11. The lowest BCUT2D eigenvalue weighted by atomic mass is 10.2. The molecule has 100 valence electrons. The smallest absolute Gasteiger partial charge is 0.346 e. The number of allylic oxidation sites excluding steroid dienone is 1. The topological polar surface area (TPSA) is 55.4 Å². The fraction of sp³-hybridized carbons (Fsp3) is 0.231. The van der Waals surface area contributed by atoms with E-state index < -0.39 is 17.7 Å². The van der Waals surface area contributed by atoms with Gasteiger partial charge in [-0.05, 0) is 24.6 Å². The van der Waals surface area contributed by atoms with E-state index in [1.54, 1.807) is 0 Å². The molecule has 1 heterocycles. The number of thioether (sulfide) groups is 1. The van der Waals surface area contributed by atoms with Crippen LogP contribution in [0.1, 0.15) is 16.8 Å². The van der Waals surface area contributed by atoms with Crippen LogP contribution in [0.3, 0.4) is 0 Å². The Balaban J connectivity index is 2.16. The monoisotopic (exact) mass is 281 g/mol. The highest BCUT2D eigenvalue weighted by Crippen LogP contribution is 2.30. The second-order valence-corrected chi connectivity index (χ2v) is 4.97. The van der Waals surface area contributed by atoms with Gasteiger partial charge in [0.05, 0.1) is 7.11 Å². The molecule has 1 aliphatic rings. The minimum Gasteiger partial charge on any atom is -0.465 e. The Hall–Kier alpha value is -1.82. The van der Waals surface area contributed by atoms with Crippen LogP contribution in [0.4, 0.5) is 4.39 Å². The normalized spacial score (nSPS) is 14.4. The van der Waals surface area contributed by atoms with Gasteiger partial charge < -0.3 is 10.1 Å². The zero-order chi connectivity index (χ0) is 13.8. The number of rotatable bonds is 3. The Morgan fingerprint density at radius 2 is 2.21 bits per heavy atom. The lowest BCUT2D eigenvalue weighted by Gasteiger charge is -2.07. The van der Waals surface area contributed by atoms with E-state index in [4.69, 9.17) is 0 Å². The maximum Gasteiger partial charge on any atom is 0.346 e. The van der Waals surface area contributed by atoms with Crippen molar-refractivity contribution in [3.8, 4) is 0 Å². The van der Waals surface area contributed by atoms with Gasteiger partial charge in [-0.15, -0.1) is 11.8 Å². The molecule has 1 amide bonds. The molecule has 0 saturated heterocycles. The summed E-state index contributed by atoms with van der Waals surface area (Å²) in [5.41, 5.74) is 0.750. The van der Waals surface area contributed by atoms with Crippen molar-refractivity contribution in [3.05, 3.63) is 46.2 Å². The molecule has 0 aliphatic carbocycles. The van der Waals surface area contributed by atoms with Crippen molar-refractivity contribution in [2.45, 2.75) is 6.42 Å². The number of carbonyl (C=O) groups is 2. The van der Waals surface area contributed by atoms with Crippen LogP contribution in [0.15, 0.2) is 34.9 Å². The number of benzene rings is 1. The third kappa shape index (κ3) is 3.14. The van der Waals surface area contributed by atoms with Crippen LogP contribution in [0.5, 0.6) is 0 Å². The number of ether oxygens (including phenoxy) is 1. The summed E-state index contributed by atoms with van der Waals surface area (Å²) in [5.74, 6) is -0.658. The van der Waals surface area contributed by atoms with Gasteiger partial charge in [0.2, 0.25) is 0 Å². The highest BCUT2D eigenvalue weighted by Gasteiger charge is 2.24. The molecule has 0 unspecified atom stereocenters. The van der Waals surface area contributed by atoms with E-state index in [-0.39, 0.29) is 5.56 Å². The molecule has 0 aromatic heterocycles. The molecule has 1 aliphatic heterocycles. The van der Waals surface area contributed by atoms with Crippen molar-refractivity contribution in [1.29, 1.82) is 0 Å². The number of amides is 1. The van der Waals surface area contributed by atoms with Gasteiger partial charge in [-0.25, -0.2) is 9.18 Å². The summed E-state index contributed by atoms with van der Waals surface area (Å²) in [6.07, 6.45) is 0.580. The summed E-state index contributed by atoms with van der Waals surface area (Å²) < 4.78 is 17.7. The number of hydrogen-bond donors (Lipinski definition) is 1. The molecule has 0 radical (unpaired) electrons. The van der Waals surface area contributed by atoms with Crippen molar-refractivity contribution in [1.82, 2.24) is 5.32 Å². The molecule has 2 rings (SSSR count). The summed E-state index contributed by atoms with van der Waals surface area (Å²) in [6.45, 7) is 0. The Bertz CT molecular complexity index is 557. The summed E-state index contributed by atoms with van der Waals surface area (Å²) in [5, 5.41) is 2.64. The number of nitrogens with one attached hydrogen (secondary N) is 1. The zero-order valence-electron chi connectivity index (χ0n) is 10.2. The van der Waals surface area contributed by atoms with Gasteiger partial charge in [0.25, 0.3) is 5.91 Å². The lowest BCUT2D eigenvalue weighted by molar-refractivity contribution is -0.135. The van der Waals surface area contributed by atoms with Crippen LogP contribution in [0, 0.1) is 5.82 Å². The van der Waals surface area contributed by atoms with Crippen LogP contribution in [-0.2, 0) is 9.53 Å². The minimum atomic E-state index is -0.476. The van der Waals surface area contributed by atoms with Gasteiger partial charge in [0.1, 0.15) is 10.7 Å². The molecule has 0 bridgehead atoms. The zero-order valence-corrected chi connectivity index (χ0v) is 11.1. The average Bonchev–Trinajstić information content (AvgIpc) is 2.86. The molecular weight excluding hydrogens is 269 g/mol. The van der Waals surface area contributed by atoms with Crippen molar-refractivity contribution >= 4 is 23.6 Å². The number of esters is 1. The largest absolute Gasteiger partial charge is 0.465 e. The van der Waals surface area contributed by atoms with Crippen LogP contribution < -0.4 is 5.32 Å². The number of hydrogen-bond acceptors (Lipinski definition) is 4. The first kappa shape index (κ1) is 13.6. The Morgan fingerprint density at radius 3 is 2.89 bits per heavy atom. The fourth-order valence-electron chi connectivity index (χ4n) is 1.69. The van der Waals surface area contributed by atoms with E-state index in [2.05, 4.69) is 10.1 Å². The van der Waals surface area contributed by atoms with Gasteiger partial charge in [-0.3, -0.25) is 4.79 Å². The first-order valence-corrected chi connectivity index (χ1v) is 6.61. The van der Waals surface area contributed by atoms with E-state index in [1.165, 1.54) is 37.1 Å². The molecule has 6 heteroatoms. The summed E-state index contributed by atoms with van der Waals surface area (Å²) in [7, 11) is 1.29. The lowest BCUT2D eigenvalue weighted by Crippen LogP contribution is -2.24. The van der Waals surface area contributed by atoms with E-state index in [0.29, 0.717) is 22.8 Å². The van der Waals surface area contributed by atoms with Crippen LogP contribution in [0.2, 0.25) is 0 Å². The van der Waals surface area contributed by atoms with Gasteiger partial charge in [0.15, 0.2) is 0 Å². The predicted octanol–water partition coefficient (Wildman–Crippen LogP) is 2.08. The third-order valence-electron chi connectivity index (χ3n) is 2.59. The standard InChI is InChI=1S/C13H12FNO3S/c1-18-13(17)11-10(5-6-19-11)15-12(16)8-3-2-4-9(14)7-8/h2-4,7H,5-6H2,1H3,(H,15,16). The molecule has 0 fully saturated rings. The molecule has 0 atom stereocenters. The molecule has 0 spiro atoms. The average molecular weight is 281 g/mol. The van der Waals surface area contributed by atoms with Crippen LogP contribution in [-0.4, -0.2) is 24.7 Å². The second kappa shape index (κ2) is 5.88. The van der Waals surface area contributed by atoms with Gasteiger partial charge in [0, 0.05) is 17.0 Å². The van der Waals surface area contributed by atoms with Crippen LogP contribution in [0.25, 0.3) is 0 Å². The second-order valence-electron chi connectivity index (χ2n) is 3.86. The Kier molecular flexibility index (Phi) is 4.21. The molecule has 0 saturated carbocycles. The summed E-state index contributed by atoms with van der Waals surface area (Å²) in [4.78, 5) is 23.8. The highest BCUT2D eigenvalue weighted by atomic mass is 32.2. The van der Waals surface area contributed by atoms with E-state index in [0.717, 1.165) is 6.07 Å². The number of halogens is 1. The maximum atomic E-state index is 13.0. The molecule has 19 heavy (non-hydrogen) atoms. The maximum absolute atomic E-state index is 13.0. The number of carbonyl (C=O) groups excluding carboxylic acids is 2. The van der Waals surface area contributed by atoms with E-state index >= 15 is 0 Å². The minimum absolute atomic E-state index is 0.216. The van der Waals surface area contributed by atoms with Crippen molar-refractivity contribution in [3.63, 3.8) is 0 Å². The van der Waals surface area contributed by atoms with E-state index in [1.807, 2.05) is 0 Å². The van der Waals surface area contributed by atoms with Crippen molar-refractivity contribution < 1.29 is 18.7 Å². The Morgan fingerprint density at radius 1 is 1.42 bits per heavy atom. The van der Waals surface area contributed by atoms with Crippen molar-refractivity contribution in [2.24, 2.45) is 0 Å². The third-order valence-corrected chi connectivity index (χ3v) is 3.70. The number of methoxy groups -OCH3 is 1. The first-order valence-electron chi connectivity index (χ1n) is 5.63. The summed E-state index contributed by atoms with van der Waals surface area (Å²) >= 11 is 1.34. The molecular formula is C13H12FNO3S. The van der Waals surface area contributed by atoms with Gasteiger partial charge in [-0.1, -0.05) is 6.07 Å². The molecule has 1 aromatic carbocycles. The van der Waals surface area contributed by atoms with Gasteiger partial charge in [-0.2, -0.15) is 0 Å². The van der Waals surface area contributed by atoms with Gasteiger partial charge >= 0.3 is 5.97 Å². The summed E-state index contributed by atoms with van der Waals surface area (Å²) in [6, 6.07) is 5.39. The Labute approximate surface area is 114 Å². The molecule has 1 N–H and O–H groups in total. The quantitative estimate of drug-likeness (QED) is 0.862. The predicted molar refractivity (Wildman–Crippen MR) is 70.0 cm³/mol. The van der Waals surface area contributed by atoms with Crippen molar-refractivity contribution in [2.75, 3.05) is 12.9 Å². The van der Waals surface area contributed by atoms with E-state index in [9.17, 15) is 14.0 Å². The molecule has 4 nitrogen and oxygen atoms in total. The van der Waals surface area contributed by atoms with Crippen LogP contribution >= 0.6 is 11.8 Å². The molecule has 1 aromatic rings. The SMILES string of the molecule is COC(=O)C1=C(NC(=O)c2cccc(F)c2)CCS1. The highest BCUT2D eigenvalue weighted by molar-refractivity contribution is 8.04.